The van der Waals surface area contributed by atoms with Crippen LogP contribution in [0.15, 0.2) is 35.3 Å². The monoisotopic (exact) mass is 321 g/mol. The molecular formula is C18H19N5O. The van der Waals surface area contributed by atoms with Crippen molar-refractivity contribution in [2.45, 2.75) is 37.8 Å². The Balaban J connectivity index is 1.56. The van der Waals surface area contributed by atoms with E-state index in [2.05, 4.69) is 22.0 Å². The van der Waals surface area contributed by atoms with E-state index < -0.39 is 0 Å². The Hall–Kier alpha value is -2.63. The average molecular weight is 321 g/mol. The summed E-state index contributed by atoms with van der Waals surface area (Å²) in [6.07, 6.45) is 4.10. The number of anilines is 1. The third kappa shape index (κ3) is 1.85. The lowest BCUT2D eigenvalue weighted by molar-refractivity contribution is 0.0859. The molecule has 1 aromatic carbocycles. The zero-order valence-corrected chi connectivity index (χ0v) is 13.6. The zero-order chi connectivity index (χ0) is 16.3. The fraction of sp³-hybridized carbons (Fsp3) is 0.389. The Morgan fingerprint density at radius 2 is 2.08 bits per heavy atom. The molecule has 2 aliphatic heterocycles. The Bertz CT molecular complexity index is 840. The number of carbonyl (C=O) groups is 1. The number of rotatable bonds is 2. The SMILES string of the molecule is CN1C(=O)c2[nH]c(Cc3ccccc3)nc2N2C1=N[C@H]1CCC[C@H]12. The smallest absolute Gasteiger partial charge is 0.280 e. The van der Waals surface area contributed by atoms with Crippen LogP contribution < -0.4 is 4.90 Å². The van der Waals surface area contributed by atoms with Crippen LogP contribution in [-0.4, -0.2) is 45.9 Å². The average Bonchev–Trinajstić information content (AvgIpc) is 3.27. The summed E-state index contributed by atoms with van der Waals surface area (Å²) < 4.78 is 0. The first-order valence-corrected chi connectivity index (χ1v) is 8.50. The number of imidazole rings is 1. The van der Waals surface area contributed by atoms with Crippen molar-refractivity contribution in [3.05, 3.63) is 47.4 Å². The summed E-state index contributed by atoms with van der Waals surface area (Å²) in [7, 11) is 1.80. The van der Waals surface area contributed by atoms with Gasteiger partial charge in [0.1, 0.15) is 11.5 Å². The molecule has 0 bridgehead atoms. The highest BCUT2D eigenvalue weighted by Crippen LogP contribution is 2.39. The Morgan fingerprint density at radius 3 is 2.92 bits per heavy atom. The van der Waals surface area contributed by atoms with Gasteiger partial charge < -0.3 is 4.98 Å². The largest absolute Gasteiger partial charge is 0.336 e. The number of hydrogen-bond donors (Lipinski definition) is 1. The molecule has 1 amide bonds. The first-order chi connectivity index (χ1) is 11.7. The van der Waals surface area contributed by atoms with Crippen molar-refractivity contribution in [3.8, 4) is 0 Å². The molecule has 0 radical (unpaired) electrons. The molecule has 2 aromatic rings. The number of hydrogen-bond acceptors (Lipinski definition) is 4. The van der Waals surface area contributed by atoms with Gasteiger partial charge in [-0.3, -0.25) is 14.6 Å². The van der Waals surface area contributed by atoms with Crippen molar-refractivity contribution in [1.29, 1.82) is 0 Å². The van der Waals surface area contributed by atoms with E-state index in [4.69, 9.17) is 9.98 Å². The van der Waals surface area contributed by atoms with Gasteiger partial charge in [-0.05, 0) is 24.8 Å². The maximum atomic E-state index is 12.7. The summed E-state index contributed by atoms with van der Waals surface area (Å²) in [5.41, 5.74) is 1.77. The number of fused-ring (bicyclic) bond motifs is 5. The van der Waals surface area contributed by atoms with Crippen molar-refractivity contribution >= 4 is 17.7 Å². The molecule has 3 aliphatic rings. The van der Waals surface area contributed by atoms with Crippen LogP contribution in [0, 0.1) is 0 Å². The van der Waals surface area contributed by atoms with Crippen molar-refractivity contribution in [3.63, 3.8) is 0 Å². The van der Waals surface area contributed by atoms with Crippen LogP contribution in [0.4, 0.5) is 5.82 Å². The highest BCUT2D eigenvalue weighted by atomic mass is 16.2. The van der Waals surface area contributed by atoms with E-state index in [0.717, 1.165) is 30.4 Å². The molecule has 1 N–H and O–H groups in total. The molecule has 1 aliphatic carbocycles. The van der Waals surface area contributed by atoms with E-state index in [9.17, 15) is 4.79 Å². The number of guanidine groups is 1. The van der Waals surface area contributed by atoms with Gasteiger partial charge in [-0.15, -0.1) is 0 Å². The molecule has 6 heteroatoms. The Labute approximate surface area is 140 Å². The molecule has 6 nitrogen and oxygen atoms in total. The summed E-state index contributed by atoms with van der Waals surface area (Å²) in [6, 6.07) is 10.8. The lowest BCUT2D eigenvalue weighted by Crippen LogP contribution is -2.51. The highest BCUT2D eigenvalue weighted by Gasteiger charge is 2.48. The Kier molecular flexibility index (Phi) is 2.83. The van der Waals surface area contributed by atoms with E-state index in [1.807, 2.05) is 18.2 Å². The minimum atomic E-state index is -0.0493. The molecule has 0 saturated heterocycles. The summed E-state index contributed by atoms with van der Waals surface area (Å²) in [6.45, 7) is 0. The number of carbonyl (C=O) groups excluding carboxylic acids is 1. The van der Waals surface area contributed by atoms with Gasteiger partial charge in [0.15, 0.2) is 5.82 Å². The summed E-state index contributed by atoms with van der Waals surface area (Å²) in [5, 5.41) is 0. The number of nitrogens with one attached hydrogen (secondary N) is 1. The molecule has 1 fully saturated rings. The van der Waals surface area contributed by atoms with Crippen LogP contribution in [0.3, 0.4) is 0 Å². The zero-order valence-electron chi connectivity index (χ0n) is 13.6. The Morgan fingerprint density at radius 1 is 1.25 bits per heavy atom. The minimum absolute atomic E-state index is 0.0493. The van der Waals surface area contributed by atoms with Gasteiger partial charge in [0.2, 0.25) is 5.96 Å². The van der Waals surface area contributed by atoms with Crippen LogP contribution in [0.25, 0.3) is 0 Å². The van der Waals surface area contributed by atoms with E-state index in [0.29, 0.717) is 24.2 Å². The van der Waals surface area contributed by atoms with E-state index >= 15 is 0 Å². The molecule has 24 heavy (non-hydrogen) atoms. The fourth-order valence-corrected chi connectivity index (χ4v) is 4.10. The number of aromatic amines is 1. The topological polar surface area (TPSA) is 64.6 Å². The maximum absolute atomic E-state index is 12.7. The molecule has 0 unspecified atom stereocenters. The molecule has 0 spiro atoms. The van der Waals surface area contributed by atoms with Crippen LogP contribution in [0.1, 0.15) is 41.1 Å². The number of aliphatic imine (C=N–C) groups is 1. The van der Waals surface area contributed by atoms with Crippen LogP contribution >= 0.6 is 0 Å². The van der Waals surface area contributed by atoms with Crippen LogP contribution in [0.5, 0.6) is 0 Å². The molecular weight excluding hydrogens is 302 g/mol. The number of benzene rings is 1. The molecule has 5 rings (SSSR count). The quantitative estimate of drug-likeness (QED) is 0.922. The molecule has 2 atom stereocenters. The molecule has 122 valence electrons. The first-order valence-electron chi connectivity index (χ1n) is 8.50. The van der Waals surface area contributed by atoms with Gasteiger partial charge >= 0.3 is 0 Å². The summed E-state index contributed by atoms with van der Waals surface area (Å²) in [5.74, 6) is 2.31. The van der Waals surface area contributed by atoms with E-state index in [1.165, 1.54) is 12.0 Å². The number of aromatic nitrogens is 2. The van der Waals surface area contributed by atoms with Gasteiger partial charge in [-0.2, -0.15) is 0 Å². The number of nitrogens with zero attached hydrogens (tertiary/aromatic N) is 4. The van der Waals surface area contributed by atoms with Gasteiger partial charge in [-0.25, -0.2) is 9.98 Å². The molecule has 3 heterocycles. The fourth-order valence-electron chi connectivity index (χ4n) is 4.10. The van der Waals surface area contributed by atoms with Crippen molar-refractivity contribution < 1.29 is 4.79 Å². The summed E-state index contributed by atoms with van der Waals surface area (Å²) >= 11 is 0. The second-order valence-electron chi connectivity index (χ2n) is 6.77. The molecule has 1 saturated carbocycles. The predicted octanol–water partition coefficient (Wildman–Crippen LogP) is 2.18. The highest BCUT2D eigenvalue weighted by molar-refractivity contribution is 6.18. The van der Waals surface area contributed by atoms with E-state index in [-0.39, 0.29) is 5.91 Å². The van der Waals surface area contributed by atoms with Gasteiger partial charge in [-0.1, -0.05) is 30.3 Å². The van der Waals surface area contributed by atoms with Crippen molar-refractivity contribution in [2.75, 3.05) is 11.9 Å². The van der Waals surface area contributed by atoms with Gasteiger partial charge in [0, 0.05) is 13.5 Å². The van der Waals surface area contributed by atoms with Gasteiger partial charge in [0.05, 0.1) is 12.1 Å². The molecule has 1 aromatic heterocycles. The lowest BCUT2D eigenvalue weighted by Gasteiger charge is -2.33. The first kappa shape index (κ1) is 13.8. The third-order valence-corrected chi connectivity index (χ3v) is 5.27. The van der Waals surface area contributed by atoms with Crippen LogP contribution in [-0.2, 0) is 6.42 Å². The second-order valence-corrected chi connectivity index (χ2v) is 6.77. The lowest BCUT2D eigenvalue weighted by atomic mass is 10.1. The standard InChI is InChI=1S/C18H19N5O/c1-22-17(24)15-16(23-13-9-5-8-12(13)19-18(22)23)21-14(20-15)10-11-6-3-2-4-7-11/h2-4,6-7,12-13H,5,8-10H2,1H3,(H,20,21)/t12-,13+/m0/s1. The summed E-state index contributed by atoms with van der Waals surface area (Å²) in [4.78, 5) is 29.4. The maximum Gasteiger partial charge on any atom is 0.280 e. The minimum Gasteiger partial charge on any atom is -0.336 e. The third-order valence-electron chi connectivity index (χ3n) is 5.27. The van der Waals surface area contributed by atoms with Crippen molar-refractivity contribution in [2.24, 2.45) is 4.99 Å². The van der Waals surface area contributed by atoms with Crippen molar-refractivity contribution in [1.82, 2.24) is 14.9 Å². The normalized spacial score (nSPS) is 24.7. The number of H-pyrrole nitrogens is 1. The van der Waals surface area contributed by atoms with Crippen LogP contribution in [0.2, 0.25) is 0 Å². The van der Waals surface area contributed by atoms with Gasteiger partial charge in [0.25, 0.3) is 5.91 Å². The number of amides is 1. The second kappa shape index (κ2) is 4.93. The predicted molar refractivity (Wildman–Crippen MR) is 91.3 cm³/mol. The van der Waals surface area contributed by atoms with E-state index in [1.54, 1.807) is 11.9 Å².